The number of nitrogens with one attached hydrogen (secondary N) is 1. The zero-order valence-corrected chi connectivity index (χ0v) is 10.7. The van der Waals surface area contributed by atoms with Crippen LogP contribution in [0.1, 0.15) is 23.2 Å². The zero-order chi connectivity index (χ0) is 13.2. The first-order valence-electron chi connectivity index (χ1n) is 6.60. The summed E-state index contributed by atoms with van der Waals surface area (Å²) in [5.74, 6) is 0.453. The van der Waals surface area contributed by atoms with Gasteiger partial charge in [0, 0.05) is 18.0 Å². The van der Waals surface area contributed by atoms with Crippen LogP contribution < -0.4 is 5.43 Å². The maximum absolute atomic E-state index is 11.9. The van der Waals surface area contributed by atoms with Crippen LogP contribution >= 0.6 is 0 Å². The number of fused-ring (bicyclic) bond motifs is 3. The number of carbonyl (C=O) groups is 1. The summed E-state index contributed by atoms with van der Waals surface area (Å²) in [6, 6.07) is 6.16. The number of amides is 1. The Morgan fingerprint density at radius 2 is 1.95 bits per heavy atom. The molecular weight excluding hydrogens is 242 g/mol. The summed E-state index contributed by atoms with van der Waals surface area (Å²) in [5, 5.41) is 13.5. The Morgan fingerprint density at radius 1 is 1.26 bits per heavy atom. The topological polar surface area (TPSA) is 64.9 Å². The lowest BCUT2D eigenvalue weighted by Gasteiger charge is -2.39. The molecule has 3 aliphatic rings. The summed E-state index contributed by atoms with van der Waals surface area (Å²) in [7, 11) is 0. The summed E-state index contributed by atoms with van der Waals surface area (Å²) >= 11 is 0. The van der Waals surface area contributed by atoms with Crippen LogP contribution in [0.15, 0.2) is 29.4 Å². The molecule has 0 radical (unpaired) electrons. The first-order chi connectivity index (χ1) is 9.22. The minimum atomic E-state index is -0.232. The van der Waals surface area contributed by atoms with Gasteiger partial charge >= 0.3 is 0 Å². The Morgan fingerprint density at radius 3 is 2.53 bits per heavy atom. The van der Waals surface area contributed by atoms with Crippen molar-refractivity contribution in [3.63, 3.8) is 0 Å². The average Bonchev–Trinajstić information content (AvgIpc) is 2.47. The van der Waals surface area contributed by atoms with E-state index in [2.05, 4.69) is 15.4 Å². The molecule has 5 heteroatoms. The van der Waals surface area contributed by atoms with Crippen LogP contribution in [0.3, 0.4) is 0 Å². The van der Waals surface area contributed by atoms with Crippen LogP contribution in [-0.4, -0.2) is 41.3 Å². The third-order valence-corrected chi connectivity index (χ3v) is 3.87. The van der Waals surface area contributed by atoms with E-state index in [0.29, 0.717) is 11.5 Å². The first-order valence-corrected chi connectivity index (χ1v) is 6.60. The van der Waals surface area contributed by atoms with E-state index in [0.717, 1.165) is 38.2 Å². The fourth-order valence-electron chi connectivity index (χ4n) is 2.71. The Hall–Kier alpha value is -1.88. The molecule has 19 heavy (non-hydrogen) atoms. The maximum Gasteiger partial charge on any atom is 0.271 e. The van der Waals surface area contributed by atoms with Gasteiger partial charge in [0.05, 0.1) is 5.71 Å². The summed E-state index contributed by atoms with van der Waals surface area (Å²) in [4.78, 5) is 14.3. The Labute approximate surface area is 111 Å². The molecule has 0 unspecified atom stereocenters. The number of aromatic hydroxyl groups is 1. The van der Waals surface area contributed by atoms with Gasteiger partial charge in [-0.2, -0.15) is 5.10 Å². The average molecular weight is 259 g/mol. The van der Waals surface area contributed by atoms with Crippen molar-refractivity contribution in [3.05, 3.63) is 29.8 Å². The highest BCUT2D eigenvalue weighted by molar-refractivity contribution is 5.96. The second-order valence-electron chi connectivity index (χ2n) is 5.14. The number of benzene rings is 1. The molecule has 1 amide bonds. The van der Waals surface area contributed by atoms with E-state index in [4.69, 9.17) is 0 Å². The number of phenolic OH excluding ortho intramolecular Hbond substituents is 1. The van der Waals surface area contributed by atoms with Gasteiger partial charge in [-0.1, -0.05) is 0 Å². The van der Waals surface area contributed by atoms with Crippen molar-refractivity contribution < 1.29 is 9.90 Å². The highest BCUT2D eigenvalue weighted by atomic mass is 16.3. The molecule has 0 atom stereocenters. The normalized spacial score (nSPS) is 27.5. The molecule has 3 fully saturated rings. The summed E-state index contributed by atoms with van der Waals surface area (Å²) in [5.41, 5.74) is 4.20. The minimum absolute atomic E-state index is 0.153. The van der Waals surface area contributed by atoms with Gasteiger partial charge in [0.15, 0.2) is 0 Å². The molecule has 100 valence electrons. The molecule has 1 aromatic rings. The van der Waals surface area contributed by atoms with Crippen molar-refractivity contribution in [2.45, 2.75) is 12.8 Å². The Kier molecular flexibility index (Phi) is 3.21. The zero-order valence-electron chi connectivity index (χ0n) is 10.7. The second kappa shape index (κ2) is 5.01. The highest BCUT2D eigenvalue weighted by Gasteiger charge is 2.30. The lowest BCUT2D eigenvalue weighted by molar-refractivity contribution is 0.0953. The molecule has 0 spiro atoms. The van der Waals surface area contributed by atoms with Crippen molar-refractivity contribution in [2.24, 2.45) is 11.0 Å². The lowest BCUT2D eigenvalue weighted by atomic mass is 9.87. The van der Waals surface area contributed by atoms with E-state index < -0.39 is 0 Å². The molecule has 0 aliphatic carbocycles. The number of carbonyl (C=O) groups excluding carboxylic acids is 1. The van der Waals surface area contributed by atoms with Crippen LogP contribution in [0.4, 0.5) is 0 Å². The summed E-state index contributed by atoms with van der Waals surface area (Å²) in [6.45, 7) is 3.17. The predicted octanol–water partition coefficient (Wildman–Crippen LogP) is 1.20. The number of hydrogen-bond donors (Lipinski definition) is 2. The monoisotopic (exact) mass is 259 g/mol. The van der Waals surface area contributed by atoms with Crippen molar-refractivity contribution in [3.8, 4) is 5.75 Å². The molecule has 3 aliphatic heterocycles. The van der Waals surface area contributed by atoms with Crippen LogP contribution in [0.5, 0.6) is 5.75 Å². The molecule has 5 nitrogen and oxygen atoms in total. The van der Waals surface area contributed by atoms with Gasteiger partial charge in [0.1, 0.15) is 5.75 Å². The maximum atomic E-state index is 11.9. The van der Waals surface area contributed by atoms with Crippen molar-refractivity contribution in [1.29, 1.82) is 0 Å². The van der Waals surface area contributed by atoms with E-state index in [1.165, 1.54) is 12.1 Å². The molecule has 3 heterocycles. The van der Waals surface area contributed by atoms with Crippen molar-refractivity contribution >= 4 is 11.6 Å². The minimum Gasteiger partial charge on any atom is -0.508 e. The van der Waals surface area contributed by atoms with E-state index >= 15 is 0 Å². The Bertz CT molecular complexity index is 502. The fraction of sp³-hybridized carbons (Fsp3) is 0.429. The summed E-state index contributed by atoms with van der Waals surface area (Å²) < 4.78 is 0. The van der Waals surface area contributed by atoms with Gasteiger partial charge in [0.25, 0.3) is 5.91 Å². The number of hydrazone groups is 1. The predicted molar refractivity (Wildman–Crippen MR) is 72.2 cm³/mol. The molecule has 2 N–H and O–H groups in total. The quantitative estimate of drug-likeness (QED) is 0.784. The first kappa shape index (κ1) is 12.2. The van der Waals surface area contributed by atoms with E-state index in [1.54, 1.807) is 12.1 Å². The van der Waals surface area contributed by atoms with Gasteiger partial charge in [-0.05, 0) is 50.2 Å². The highest BCUT2D eigenvalue weighted by Crippen LogP contribution is 2.24. The van der Waals surface area contributed by atoms with Crippen LogP contribution in [0.25, 0.3) is 0 Å². The van der Waals surface area contributed by atoms with Gasteiger partial charge in [-0.3, -0.25) is 9.69 Å². The van der Waals surface area contributed by atoms with Crippen LogP contribution in [-0.2, 0) is 0 Å². The Balaban J connectivity index is 1.65. The van der Waals surface area contributed by atoms with E-state index in [1.807, 2.05) is 0 Å². The molecule has 0 saturated carbocycles. The fourth-order valence-corrected chi connectivity index (χ4v) is 2.71. The second-order valence-corrected chi connectivity index (χ2v) is 5.14. The van der Waals surface area contributed by atoms with Crippen LogP contribution in [0, 0.1) is 5.92 Å². The van der Waals surface area contributed by atoms with Crippen LogP contribution in [0.2, 0.25) is 0 Å². The van der Waals surface area contributed by atoms with Crippen molar-refractivity contribution in [1.82, 2.24) is 10.3 Å². The lowest BCUT2D eigenvalue weighted by Crippen LogP contribution is -2.48. The molecule has 4 rings (SSSR count). The number of rotatable bonds is 2. The number of piperidine rings is 3. The molecule has 1 aromatic carbocycles. The standard InChI is InChI=1S/C14H17N3O2/c18-12-3-1-11(2-4-12)14(19)16-15-13-9-17-7-5-10(13)6-8-17/h1-4,10,18H,5-9H2,(H,16,19)/b15-13+. The van der Waals surface area contributed by atoms with Gasteiger partial charge in [0.2, 0.25) is 0 Å². The molecule has 3 saturated heterocycles. The SMILES string of the molecule is O=C(N/N=C1\CN2CCC1CC2)c1ccc(O)cc1. The third kappa shape index (κ3) is 2.61. The number of nitrogens with zero attached hydrogens (tertiary/aromatic N) is 2. The number of hydrogen-bond acceptors (Lipinski definition) is 4. The van der Waals surface area contributed by atoms with Gasteiger partial charge < -0.3 is 5.11 Å². The van der Waals surface area contributed by atoms with Gasteiger partial charge in [-0.15, -0.1) is 0 Å². The molecule has 0 aromatic heterocycles. The third-order valence-electron chi connectivity index (χ3n) is 3.87. The molecule has 2 bridgehead atoms. The van der Waals surface area contributed by atoms with E-state index in [9.17, 15) is 9.90 Å². The summed E-state index contributed by atoms with van der Waals surface area (Å²) in [6.07, 6.45) is 2.29. The smallest absolute Gasteiger partial charge is 0.271 e. The molecular formula is C14H17N3O2. The number of phenols is 1. The van der Waals surface area contributed by atoms with Crippen molar-refractivity contribution in [2.75, 3.05) is 19.6 Å². The van der Waals surface area contributed by atoms with E-state index in [-0.39, 0.29) is 11.7 Å². The van der Waals surface area contributed by atoms with Gasteiger partial charge in [-0.25, -0.2) is 5.43 Å². The largest absolute Gasteiger partial charge is 0.508 e.